The first-order valence-corrected chi connectivity index (χ1v) is 14.3. The van der Waals surface area contributed by atoms with E-state index >= 15 is 0 Å². The molecule has 0 fully saturated rings. The van der Waals surface area contributed by atoms with Gasteiger partial charge in [-0.1, -0.05) is 0 Å². The minimum absolute atomic E-state index is 0.722. The normalized spacial score (nSPS) is 11.8. The fourth-order valence-corrected chi connectivity index (χ4v) is 11.8. The predicted octanol–water partition coefficient (Wildman–Crippen LogP) is 4.81. The van der Waals surface area contributed by atoms with Gasteiger partial charge in [0.1, 0.15) is 0 Å². The second kappa shape index (κ2) is 10.7. The molecule has 2 heteroatoms. The quantitative estimate of drug-likeness (QED) is 0.515. The Kier molecular flexibility index (Phi) is 11.2. The van der Waals surface area contributed by atoms with Gasteiger partial charge in [0.2, 0.25) is 0 Å². The number of nitrogens with zero attached hydrogens (tertiary/aromatic N) is 1. The van der Waals surface area contributed by atoms with Gasteiger partial charge in [-0.3, -0.25) is 0 Å². The number of unbranched alkanes of at least 4 members (excludes halogenated alkanes) is 1. The van der Waals surface area contributed by atoms with Gasteiger partial charge < -0.3 is 0 Å². The molecule has 0 N–H and O–H groups in total. The third kappa shape index (κ3) is 8.53. The first-order chi connectivity index (χ1) is 8.02. The zero-order chi connectivity index (χ0) is 13.3. The molecule has 0 heterocycles. The Hall–Kier alpha value is 0.830. The van der Waals surface area contributed by atoms with Gasteiger partial charge in [0.25, 0.3) is 0 Å². The van der Waals surface area contributed by atoms with Gasteiger partial charge in [0, 0.05) is 0 Å². The summed E-state index contributed by atoms with van der Waals surface area (Å²) in [5, 5.41) is 0. The Morgan fingerprint density at radius 2 is 1.59 bits per heavy atom. The number of rotatable bonds is 10. The molecule has 0 atom stereocenters. The molecule has 0 aliphatic carbocycles. The van der Waals surface area contributed by atoms with E-state index in [9.17, 15) is 0 Å². The van der Waals surface area contributed by atoms with Gasteiger partial charge in [-0.05, 0) is 0 Å². The molecule has 1 nitrogen and oxygen atoms in total. The van der Waals surface area contributed by atoms with E-state index in [1.807, 2.05) is 0 Å². The summed E-state index contributed by atoms with van der Waals surface area (Å²) in [5.41, 5.74) is 0. The van der Waals surface area contributed by atoms with Crippen LogP contribution in [0.15, 0.2) is 0 Å². The minimum atomic E-state index is -1.13. The Bertz CT molecular complexity index is 168. The molecule has 17 heavy (non-hydrogen) atoms. The summed E-state index contributed by atoms with van der Waals surface area (Å²) in [7, 11) is 0. The van der Waals surface area contributed by atoms with Crippen molar-refractivity contribution >= 4 is 21.4 Å². The van der Waals surface area contributed by atoms with Crippen LogP contribution in [0.25, 0.3) is 0 Å². The van der Waals surface area contributed by atoms with Gasteiger partial charge in [-0.2, -0.15) is 0 Å². The molecule has 0 bridgehead atoms. The monoisotopic (exact) mass is 343 g/mol. The molecule has 0 aromatic rings. The van der Waals surface area contributed by atoms with Crippen LogP contribution in [0.1, 0.15) is 60.8 Å². The molecule has 0 radical (unpaired) electrons. The number of hydrogen-bond donors (Lipinski definition) is 0. The standard InChI is InChI=1S/C9H20N.2C3H7.In/c1-5-7-8-10(6-2)9(3)4;2*1-3-2;/h9H,1,5-8H2,2-4H3;3H,1-2H3;1,3H2,2H3;. The second-order valence-corrected chi connectivity index (χ2v) is 17.5. The van der Waals surface area contributed by atoms with E-state index in [1.165, 1.54) is 32.4 Å². The van der Waals surface area contributed by atoms with Crippen molar-refractivity contribution in [2.45, 2.75) is 78.9 Å². The third-order valence-corrected chi connectivity index (χ3v) is 16.4. The average Bonchev–Trinajstić information content (AvgIpc) is 2.26. The zero-order valence-electron chi connectivity index (χ0n) is 13.1. The molecule has 0 saturated heterocycles. The van der Waals surface area contributed by atoms with Crippen molar-refractivity contribution in [2.75, 3.05) is 13.1 Å². The van der Waals surface area contributed by atoms with Crippen molar-refractivity contribution in [2.24, 2.45) is 0 Å². The van der Waals surface area contributed by atoms with Crippen LogP contribution in [0.2, 0.25) is 12.0 Å². The summed E-state index contributed by atoms with van der Waals surface area (Å²) in [6.07, 6.45) is 4.37. The van der Waals surface area contributed by atoms with E-state index in [0.29, 0.717) is 0 Å². The van der Waals surface area contributed by atoms with Crippen LogP contribution in [-0.4, -0.2) is 45.5 Å². The zero-order valence-corrected chi connectivity index (χ0v) is 16.4. The second-order valence-electron chi connectivity index (χ2n) is 6.01. The summed E-state index contributed by atoms with van der Waals surface area (Å²) in [4.78, 5) is 2.60. The molecule has 0 amide bonds. The summed E-state index contributed by atoms with van der Waals surface area (Å²) in [5.74, 6) is 0. The van der Waals surface area contributed by atoms with Gasteiger partial charge in [-0.25, -0.2) is 0 Å². The summed E-state index contributed by atoms with van der Waals surface area (Å²) < 4.78 is 4.34. The fourth-order valence-electron chi connectivity index (χ4n) is 2.68. The predicted molar refractivity (Wildman–Crippen MR) is 82.4 cm³/mol. The third-order valence-electron chi connectivity index (χ3n) is 4.01. The molecule has 0 spiro atoms. The van der Waals surface area contributed by atoms with Crippen molar-refractivity contribution in [3.63, 3.8) is 0 Å². The van der Waals surface area contributed by atoms with Gasteiger partial charge in [0.15, 0.2) is 0 Å². The van der Waals surface area contributed by atoms with Crippen LogP contribution in [0.5, 0.6) is 0 Å². The molecule has 0 rings (SSSR count). The molecule has 0 aliphatic heterocycles. The SMILES string of the molecule is CC[CH2][In]([CH2]CCCN(CC)C(C)C)[CH](C)C. The van der Waals surface area contributed by atoms with E-state index < -0.39 is 21.4 Å². The van der Waals surface area contributed by atoms with E-state index in [0.717, 1.165) is 9.72 Å². The van der Waals surface area contributed by atoms with Crippen LogP contribution < -0.4 is 0 Å². The first-order valence-electron chi connectivity index (χ1n) is 7.76. The average molecular weight is 343 g/mol. The Labute approximate surface area is 118 Å². The van der Waals surface area contributed by atoms with Crippen molar-refractivity contribution in [1.82, 2.24) is 4.90 Å². The summed E-state index contributed by atoms with van der Waals surface area (Å²) in [6, 6.07) is 0.722. The van der Waals surface area contributed by atoms with Crippen LogP contribution >= 0.6 is 0 Å². The molecule has 0 saturated carbocycles. The van der Waals surface area contributed by atoms with Crippen molar-refractivity contribution in [1.29, 1.82) is 0 Å². The fraction of sp³-hybridized carbons (Fsp3) is 1.00. The van der Waals surface area contributed by atoms with Crippen molar-refractivity contribution in [3.05, 3.63) is 0 Å². The molecular weight excluding hydrogens is 309 g/mol. The van der Waals surface area contributed by atoms with Crippen LogP contribution in [0, 0.1) is 0 Å². The number of hydrogen-bond acceptors (Lipinski definition) is 1. The summed E-state index contributed by atoms with van der Waals surface area (Å²) >= 11 is -1.13. The molecule has 0 aliphatic rings. The van der Waals surface area contributed by atoms with Gasteiger partial charge in [0.05, 0.1) is 0 Å². The van der Waals surface area contributed by atoms with E-state index in [-0.39, 0.29) is 0 Å². The van der Waals surface area contributed by atoms with Crippen LogP contribution in [0.3, 0.4) is 0 Å². The first kappa shape index (κ1) is 17.8. The summed E-state index contributed by atoms with van der Waals surface area (Å²) in [6.45, 7) is 16.8. The van der Waals surface area contributed by atoms with Crippen LogP contribution in [-0.2, 0) is 0 Å². The molecule has 0 aromatic carbocycles. The van der Waals surface area contributed by atoms with E-state index in [4.69, 9.17) is 0 Å². The molecule has 0 aromatic heterocycles. The Morgan fingerprint density at radius 3 is 2.00 bits per heavy atom. The van der Waals surface area contributed by atoms with E-state index in [2.05, 4.69) is 46.4 Å². The van der Waals surface area contributed by atoms with E-state index in [1.54, 1.807) is 8.35 Å². The van der Waals surface area contributed by atoms with Gasteiger partial charge in [-0.15, -0.1) is 0 Å². The Balaban J connectivity index is 3.73. The maximum absolute atomic E-state index is 2.60. The van der Waals surface area contributed by atoms with Crippen molar-refractivity contribution < 1.29 is 0 Å². The molecular formula is C15H34InN. The van der Waals surface area contributed by atoms with Crippen LogP contribution in [0.4, 0.5) is 0 Å². The topological polar surface area (TPSA) is 3.24 Å². The Morgan fingerprint density at radius 1 is 0.941 bits per heavy atom. The molecule has 102 valence electrons. The maximum atomic E-state index is 2.60. The van der Waals surface area contributed by atoms with Gasteiger partial charge >= 0.3 is 118 Å². The molecule has 0 unspecified atom stereocenters. The van der Waals surface area contributed by atoms with Crippen molar-refractivity contribution in [3.8, 4) is 0 Å².